The molecule has 2 bridgehead atoms. The van der Waals surface area contributed by atoms with Crippen LogP contribution in [0.5, 0.6) is 5.75 Å². The molecule has 2 aromatic carbocycles. The molecule has 0 saturated heterocycles. The Kier molecular flexibility index (Phi) is 8.55. The molecule has 4 aliphatic rings. The van der Waals surface area contributed by atoms with Gasteiger partial charge in [-0.3, -0.25) is 4.79 Å². The summed E-state index contributed by atoms with van der Waals surface area (Å²) in [4.78, 5) is 15.6. The van der Waals surface area contributed by atoms with E-state index in [2.05, 4.69) is 34.1 Å². The minimum Gasteiger partial charge on any atom is -0.490 e. The lowest BCUT2D eigenvalue weighted by Crippen LogP contribution is -2.52. The molecule has 45 heavy (non-hydrogen) atoms. The van der Waals surface area contributed by atoms with Crippen LogP contribution in [0.4, 0.5) is 5.69 Å². The van der Waals surface area contributed by atoms with Gasteiger partial charge < -0.3 is 19.8 Å². The highest BCUT2D eigenvalue weighted by atomic mass is 35.5. The first-order valence-corrected chi connectivity index (χ1v) is 17.4. The summed E-state index contributed by atoms with van der Waals surface area (Å²) in [6.45, 7) is 6.65. The van der Waals surface area contributed by atoms with Crippen molar-refractivity contribution in [3.63, 3.8) is 0 Å². The van der Waals surface area contributed by atoms with E-state index in [1.165, 1.54) is 18.1 Å². The maximum atomic E-state index is 13.4. The van der Waals surface area contributed by atoms with Gasteiger partial charge in [0.25, 0.3) is 5.91 Å². The molecular formula is C35H39ClN2O6S. The topological polar surface area (TPSA) is 116 Å². The number of aryl methyl sites for hydroxylation is 1. The number of nitrogens with zero attached hydrogens (tertiary/aromatic N) is 1. The molecular weight excluding hydrogens is 612 g/mol. The van der Waals surface area contributed by atoms with E-state index < -0.39 is 26.8 Å². The molecule has 2 aliphatic heterocycles. The predicted molar refractivity (Wildman–Crippen MR) is 175 cm³/mol. The fraction of sp³-hybridized carbons (Fsp3) is 0.457. The maximum Gasteiger partial charge on any atom is 0.264 e. The highest BCUT2D eigenvalue weighted by molar-refractivity contribution is 7.90. The number of hydrogen-bond donors (Lipinski definition) is 3. The molecule has 1 spiro atoms. The Balaban J connectivity index is 1.46. The summed E-state index contributed by atoms with van der Waals surface area (Å²) in [5.41, 5.74) is 1.83. The largest absolute Gasteiger partial charge is 0.490 e. The Bertz CT molecular complexity index is 1730. The minimum atomic E-state index is -4.10. The van der Waals surface area contributed by atoms with Gasteiger partial charge in [-0.1, -0.05) is 47.7 Å². The van der Waals surface area contributed by atoms with Gasteiger partial charge >= 0.3 is 0 Å². The molecule has 3 N–H and O–H groups in total. The number of aliphatic hydroxyl groups excluding tert-OH is 1. The van der Waals surface area contributed by atoms with Crippen molar-refractivity contribution < 1.29 is 28.2 Å². The third-order valence-electron chi connectivity index (χ3n) is 10.1. The third kappa shape index (κ3) is 6.01. The molecule has 2 aromatic rings. The molecule has 5 atom stereocenters. The fourth-order valence-electron chi connectivity index (χ4n) is 7.40. The summed E-state index contributed by atoms with van der Waals surface area (Å²) in [7, 11) is -4.10. The number of sulfonamides is 1. The van der Waals surface area contributed by atoms with Gasteiger partial charge in [0, 0.05) is 35.0 Å². The standard InChI is InChI=1S/C35H39ClN2O6S/c1-23-6-3-15-35(41,16-5-17-39)30-11-8-27(30)20-38-21-34(14-4-7-25-18-28(36)10-12-29(25)34)22-44-32-13-9-26(19-31(32)38)33(40)37-45(42,43)24(23)2/h3,9-10,12-13,15,18-19,24,27,30,39,41H,1,4,6-8,11,14,17,20-22H2,2H3,(H,37,40)/b15-3+/t24-,27+,30-,34+,35-/m1/s1. The van der Waals surface area contributed by atoms with Crippen LogP contribution >= 0.6 is 11.6 Å². The molecule has 0 radical (unpaired) electrons. The van der Waals surface area contributed by atoms with Crippen LogP contribution in [0.25, 0.3) is 0 Å². The average Bonchev–Trinajstić information content (AvgIpc) is 3.14. The number of hydrogen-bond acceptors (Lipinski definition) is 7. The summed E-state index contributed by atoms with van der Waals surface area (Å²) in [5.74, 6) is 5.27. The number of carbonyl (C=O) groups is 1. The number of ether oxygens (including phenoxy) is 1. The van der Waals surface area contributed by atoms with Crippen LogP contribution in [-0.4, -0.2) is 61.7 Å². The lowest BCUT2D eigenvalue weighted by Gasteiger charge is -2.47. The quantitative estimate of drug-likeness (QED) is 0.283. The van der Waals surface area contributed by atoms with Crippen LogP contribution < -0.4 is 14.4 Å². The summed E-state index contributed by atoms with van der Waals surface area (Å²) in [5, 5.41) is 21.0. The van der Waals surface area contributed by atoms with Gasteiger partial charge in [-0.25, -0.2) is 13.1 Å². The van der Waals surface area contributed by atoms with Crippen molar-refractivity contribution in [2.75, 3.05) is 31.2 Å². The van der Waals surface area contributed by atoms with E-state index in [0.29, 0.717) is 41.7 Å². The van der Waals surface area contributed by atoms with Crippen molar-refractivity contribution in [3.05, 3.63) is 82.4 Å². The molecule has 2 heterocycles. The molecule has 10 heteroatoms. The summed E-state index contributed by atoms with van der Waals surface area (Å²) < 4.78 is 35.2. The second kappa shape index (κ2) is 12.1. The lowest BCUT2D eigenvalue weighted by atomic mass is 9.64. The first kappa shape index (κ1) is 31.7. The highest BCUT2D eigenvalue weighted by Crippen LogP contribution is 2.48. The second-order valence-electron chi connectivity index (χ2n) is 12.9. The fourth-order valence-corrected chi connectivity index (χ4v) is 8.68. The Labute approximate surface area is 270 Å². The predicted octanol–water partition coefficient (Wildman–Crippen LogP) is 4.53. The van der Waals surface area contributed by atoms with E-state index >= 15 is 0 Å². The molecule has 6 rings (SSSR count). The van der Waals surface area contributed by atoms with Crippen molar-refractivity contribution in [2.24, 2.45) is 11.8 Å². The molecule has 0 aromatic heterocycles. The molecule has 1 fully saturated rings. The van der Waals surface area contributed by atoms with E-state index in [1.807, 2.05) is 12.1 Å². The van der Waals surface area contributed by atoms with Crippen LogP contribution in [0, 0.1) is 23.7 Å². The summed E-state index contributed by atoms with van der Waals surface area (Å²) in [6.07, 6.45) is 7.89. The SMILES string of the molecule is C=C1C/C=C/[C@@](O)(C#CCO)[C@@H]2CC[C@H]2CN2C[C@@]3(CCCc4cc(Cl)ccc43)COc3ccc(cc32)C(=O)NS(=O)(=O)[C@@H]1C. The molecule has 1 saturated carbocycles. The van der Waals surface area contributed by atoms with Gasteiger partial charge in [-0.05, 0) is 98.9 Å². The first-order chi connectivity index (χ1) is 21.4. The molecule has 238 valence electrons. The summed E-state index contributed by atoms with van der Waals surface area (Å²) in [6, 6.07) is 11.1. The monoisotopic (exact) mass is 650 g/mol. The lowest BCUT2D eigenvalue weighted by molar-refractivity contribution is -0.00326. The zero-order chi connectivity index (χ0) is 32.0. The highest BCUT2D eigenvalue weighted by Gasteiger charge is 2.47. The number of amides is 1. The number of fused-ring (bicyclic) bond motifs is 4. The number of aliphatic hydroxyl groups is 2. The van der Waals surface area contributed by atoms with Gasteiger partial charge in [0.15, 0.2) is 0 Å². The van der Waals surface area contributed by atoms with Crippen LogP contribution in [0.15, 0.2) is 60.7 Å². The van der Waals surface area contributed by atoms with E-state index in [0.717, 1.165) is 32.1 Å². The van der Waals surface area contributed by atoms with Gasteiger partial charge in [-0.2, -0.15) is 0 Å². The van der Waals surface area contributed by atoms with Crippen LogP contribution in [-0.2, 0) is 21.9 Å². The Morgan fingerprint density at radius 1 is 1.22 bits per heavy atom. The zero-order valence-corrected chi connectivity index (χ0v) is 27.0. The van der Waals surface area contributed by atoms with Crippen molar-refractivity contribution >= 4 is 33.2 Å². The van der Waals surface area contributed by atoms with E-state index in [9.17, 15) is 23.4 Å². The Hall–Kier alpha value is -3.29. The molecule has 0 unspecified atom stereocenters. The molecule has 8 nitrogen and oxygen atoms in total. The zero-order valence-electron chi connectivity index (χ0n) is 25.4. The van der Waals surface area contributed by atoms with E-state index in [1.54, 1.807) is 30.4 Å². The van der Waals surface area contributed by atoms with Gasteiger partial charge in [0.05, 0.1) is 17.5 Å². The van der Waals surface area contributed by atoms with Crippen molar-refractivity contribution in [3.8, 4) is 17.6 Å². The number of carbonyl (C=O) groups excluding carboxylic acids is 1. The van der Waals surface area contributed by atoms with Gasteiger partial charge in [0.1, 0.15) is 18.0 Å². The van der Waals surface area contributed by atoms with Gasteiger partial charge in [0.2, 0.25) is 10.0 Å². The third-order valence-corrected chi connectivity index (χ3v) is 12.1. The van der Waals surface area contributed by atoms with Crippen molar-refractivity contribution in [1.29, 1.82) is 0 Å². The normalized spacial score (nSPS) is 31.6. The van der Waals surface area contributed by atoms with Crippen molar-refractivity contribution in [1.82, 2.24) is 4.72 Å². The van der Waals surface area contributed by atoms with Crippen LogP contribution in [0.2, 0.25) is 5.02 Å². The number of halogens is 1. The van der Waals surface area contributed by atoms with E-state index in [-0.39, 0.29) is 35.8 Å². The number of nitrogens with one attached hydrogen (secondary N) is 1. The number of benzene rings is 2. The van der Waals surface area contributed by atoms with Crippen molar-refractivity contribution in [2.45, 2.75) is 61.7 Å². The molecule has 1 amide bonds. The van der Waals surface area contributed by atoms with Crippen LogP contribution in [0.1, 0.15) is 60.5 Å². The number of rotatable bonds is 0. The number of anilines is 1. The summed E-state index contributed by atoms with van der Waals surface area (Å²) >= 11 is 6.40. The Morgan fingerprint density at radius 3 is 2.80 bits per heavy atom. The first-order valence-electron chi connectivity index (χ1n) is 15.5. The smallest absolute Gasteiger partial charge is 0.264 e. The second-order valence-corrected chi connectivity index (χ2v) is 15.3. The number of allylic oxidation sites excluding steroid dienone is 1. The Morgan fingerprint density at radius 2 is 2.04 bits per heavy atom. The molecule has 2 aliphatic carbocycles. The maximum absolute atomic E-state index is 13.4. The van der Waals surface area contributed by atoms with Gasteiger partial charge in [-0.15, -0.1) is 0 Å². The minimum absolute atomic E-state index is 0.0526. The van der Waals surface area contributed by atoms with E-state index in [4.69, 9.17) is 16.3 Å². The van der Waals surface area contributed by atoms with Crippen LogP contribution in [0.3, 0.4) is 0 Å². The average molecular weight is 651 g/mol.